The molecule has 2 N–H and O–H groups in total. The number of carbonyl (C=O) groups excluding carboxylic acids is 2. The van der Waals surface area contributed by atoms with Crippen LogP contribution in [0.2, 0.25) is 0 Å². The predicted molar refractivity (Wildman–Crippen MR) is 97.7 cm³/mol. The van der Waals surface area contributed by atoms with E-state index >= 15 is 0 Å². The van der Waals surface area contributed by atoms with Crippen LogP contribution in [-0.4, -0.2) is 11.8 Å². The van der Waals surface area contributed by atoms with E-state index in [0.29, 0.717) is 5.92 Å². The Hall–Kier alpha value is -2.62. The predicted octanol–water partition coefficient (Wildman–Crippen LogP) is 3.52. The van der Waals surface area contributed by atoms with Crippen molar-refractivity contribution in [2.75, 3.05) is 0 Å². The molecule has 0 saturated heterocycles. The molecule has 0 spiro atoms. The van der Waals surface area contributed by atoms with Crippen molar-refractivity contribution in [1.82, 2.24) is 10.6 Å². The van der Waals surface area contributed by atoms with Crippen molar-refractivity contribution in [1.29, 1.82) is 0 Å². The van der Waals surface area contributed by atoms with Crippen LogP contribution in [0.4, 0.5) is 0 Å². The maximum Gasteiger partial charge on any atom is 0.222 e. The van der Waals surface area contributed by atoms with E-state index in [1.807, 2.05) is 48.5 Å². The molecule has 1 saturated carbocycles. The van der Waals surface area contributed by atoms with Crippen molar-refractivity contribution in [3.63, 3.8) is 0 Å². The van der Waals surface area contributed by atoms with Crippen molar-refractivity contribution in [2.24, 2.45) is 5.92 Å². The molecule has 4 nitrogen and oxygen atoms in total. The highest BCUT2D eigenvalue weighted by Gasteiger charge is 2.33. The van der Waals surface area contributed by atoms with E-state index in [2.05, 4.69) is 22.8 Å². The molecular formula is C21H24N2O2. The Bertz CT molecular complexity index is 711. The minimum atomic E-state index is -0.311. The van der Waals surface area contributed by atoms with Crippen LogP contribution in [0.5, 0.6) is 0 Å². The van der Waals surface area contributed by atoms with Gasteiger partial charge in [0, 0.05) is 6.92 Å². The van der Waals surface area contributed by atoms with E-state index in [9.17, 15) is 9.59 Å². The molecule has 0 aliphatic heterocycles. The molecule has 25 heavy (non-hydrogen) atoms. The molecular weight excluding hydrogens is 312 g/mol. The molecule has 0 aromatic heterocycles. The molecule has 0 radical (unpaired) electrons. The lowest BCUT2D eigenvalue weighted by Crippen LogP contribution is -2.35. The molecule has 4 heteroatoms. The Kier molecular flexibility index (Phi) is 5.49. The summed E-state index contributed by atoms with van der Waals surface area (Å²) in [6.45, 7) is 1.48. The Morgan fingerprint density at radius 2 is 1.48 bits per heavy atom. The van der Waals surface area contributed by atoms with Gasteiger partial charge in [0.25, 0.3) is 0 Å². The third kappa shape index (κ3) is 4.92. The Balaban J connectivity index is 1.69. The van der Waals surface area contributed by atoms with Gasteiger partial charge < -0.3 is 10.6 Å². The standard InChI is InChI=1S/C21H24N2O2/c1-15(24)22-19(16-8-4-2-5-9-16)14-20(25)23-21(18-12-13-18)17-10-6-3-7-11-17/h2-11,18-19,21H,12-14H2,1H3,(H,22,24)(H,23,25). The first-order chi connectivity index (χ1) is 12.1. The van der Waals surface area contributed by atoms with Crippen LogP contribution in [0.1, 0.15) is 49.4 Å². The summed E-state index contributed by atoms with van der Waals surface area (Å²) in [4.78, 5) is 24.2. The van der Waals surface area contributed by atoms with Gasteiger partial charge >= 0.3 is 0 Å². The highest BCUT2D eigenvalue weighted by atomic mass is 16.2. The lowest BCUT2D eigenvalue weighted by atomic mass is 10.00. The number of hydrogen-bond donors (Lipinski definition) is 2. The van der Waals surface area contributed by atoms with Crippen molar-refractivity contribution >= 4 is 11.8 Å². The largest absolute Gasteiger partial charge is 0.349 e. The fraction of sp³-hybridized carbons (Fsp3) is 0.333. The molecule has 1 aliphatic carbocycles. The van der Waals surface area contributed by atoms with Gasteiger partial charge in [0.15, 0.2) is 0 Å². The molecule has 2 aromatic rings. The quantitative estimate of drug-likeness (QED) is 0.813. The van der Waals surface area contributed by atoms with Crippen LogP contribution < -0.4 is 10.6 Å². The van der Waals surface area contributed by atoms with E-state index < -0.39 is 0 Å². The van der Waals surface area contributed by atoms with E-state index in [1.54, 1.807) is 0 Å². The normalized spacial score (nSPS) is 15.9. The van der Waals surface area contributed by atoms with Crippen molar-refractivity contribution in [3.05, 3.63) is 71.8 Å². The van der Waals surface area contributed by atoms with E-state index in [4.69, 9.17) is 0 Å². The van der Waals surface area contributed by atoms with Crippen molar-refractivity contribution in [2.45, 2.75) is 38.3 Å². The van der Waals surface area contributed by atoms with Gasteiger partial charge in [-0.2, -0.15) is 0 Å². The monoisotopic (exact) mass is 336 g/mol. The van der Waals surface area contributed by atoms with Crippen LogP contribution in [0, 0.1) is 5.92 Å². The number of carbonyl (C=O) groups is 2. The zero-order valence-electron chi connectivity index (χ0n) is 14.4. The fourth-order valence-corrected chi connectivity index (χ4v) is 3.16. The Labute approximate surface area is 148 Å². The highest BCUT2D eigenvalue weighted by molar-refractivity contribution is 5.79. The Morgan fingerprint density at radius 1 is 0.920 bits per heavy atom. The summed E-state index contributed by atoms with van der Waals surface area (Å²) in [5.41, 5.74) is 2.09. The number of rotatable bonds is 7. The lowest BCUT2D eigenvalue weighted by molar-refractivity contribution is -0.123. The molecule has 2 aromatic carbocycles. The molecule has 2 unspecified atom stereocenters. The first-order valence-electron chi connectivity index (χ1n) is 8.80. The second-order valence-electron chi connectivity index (χ2n) is 6.66. The maximum atomic E-state index is 12.7. The number of amides is 2. The first kappa shape index (κ1) is 17.2. The van der Waals surface area contributed by atoms with Gasteiger partial charge in [0.05, 0.1) is 18.5 Å². The van der Waals surface area contributed by atoms with Crippen LogP contribution in [0.3, 0.4) is 0 Å². The molecule has 3 rings (SSSR count). The molecule has 130 valence electrons. The van der Waals surface area contributed by atoms with Gasteiger partial charge in [-0.15, -0.1) is 0 Å². The highest BCUT2D eigenvalue weighted by Crippen LogP contribution is 2.41. The van der Waals surface area contributed by atoms with Crippen LogP contribution in [0.15, 0.2) is 60.7 Å². The minimum absolute atomic E-state index is 0.0386. The third-order valence-corrected chi connectivity index (χ3v) is 4.54. The smallest absolute Gasteiger partial charge is 0.222 e. The van der Waals surface area contributed by atoms with Gasteiger partial charge in [-0.1, -0.05) is 60.7 Å². The zero-order valence-corrected chi connectivity index (χ0v) is 14.4. The molecule has 2 atom stereocenters. The zero-order chi connectivity index (χ0) is 17.6. The summed E-state index contributed by atoms with van der Waals surface area (Å²) in [6, 6.07) is 19.5. The molecule has 0 bridgehead atoms. The van der Waals surface area contributed by atoms with Gasteiger partial charge in [-0.05, 0) is 29.9 Å². The average molecular weight is 336 g/mol. The van der Waals surface area contributed by atoms with Gasteiger partial charge in [0.1, 0.15) is 0 Å². The fourth-order valence-electron chi connectivity index (χ4n) is 3.16. The van der Waals surface area contributed by atoms with Crippen LogP contribution in [0.25, 0.3) is 0 Å². The maximum absolute atomic E-state index is 12.7. The molecule has 1 aliphatic rings. The van der Waals surface area contributed by atoms with E-state index in [1.165, 1.54) is 6.92 Å². The van der Waals surface area contributed by atoms with Gasteiger partial charge in [-0.25, -0.2) is 0 Å². The van der Waals surface area contributed by atoms with E-state index in [0.717, 1.165) is 24.0 Å². The topological polar surface area (TPSA) is 58.2 Å². The first-order valence-corrected chi connectivity index (χ1v) is 8.80. The number of benzene rings is 2. The minimum Gasteiger partial charge on any atom is -0.349 e. The summed E-state index contributed by atoms with van der Waals surface area (Å²) in [5, 5.41) is 6.06. The van der Waals surface area contributed by atoms with E-state index in [-0.39, 0.29) is 30.3 Å². The molecule has 2 amide bonds. The van der Waals surface area contributed by atoms with Crippen molar-refractivity contribution < 1.29 is 9.59 Å². The van der Waals surface area contributed by atoms with Crippen molar-refractivity contribution in [3.8, 4) is 0 Å². The second kappa shape index (κ2) is 7.97. The molecule has 1 fully saturated rings. The molecule has 0 heterocycles. The lowest BCUT2D eigenvalue weighted by Gasteiger charge is -2.22. The number of hydrogen-bond acceptors (Lipinski definition) is 2. The van der Waals surface area contributed by atoms with Crippen LogP contribution >= 0.6 is 0 Å². The summed E-state index contributed by atoms with van der Waals surface area (Å²) in [5.74, 6) is 0.342. The summed E-state index contributed by atoms with van der Waals surface area (Å²) in [7, 11) is 0. The van der Waals surface area contributed by atoms with Gasteiger partial charge in [-0.3, -0.25) is 9.59 Å². The summed E-state index contributed by atoms with van der Waals surface area (Å²) < 4.78 is 0. The van der Waals surface area contributed by atoms with Crippen LogP contribution in [-0.2, 0) is 9.59 Å². The second-order valence-corrected chi connectivity index (χ2v) is 6.66. The Morgan fingerprint density at radius 3 is 2.00 bits per heavy atom. The average Bonchev–Trinajstić information content (AvgIpc) is 3.45. The summed E-state index contributed by atoms with van der Waals surface area (Å²) in [6.07, 6.45) is 2.53. The third-order valence-electron chi connectivity index (χ3n) is 4.54. The SMILES string of the molecule is CC(=O)NC(CC(=O)NC(c1ccccc1)C1CC1)c1ccccc1. The van der Waals surface area contributed by atoms with Gasteiger partial charge in [0.2, 0.25) is 11.8 Å². The summed E-state index contributed by atoms with van der Waals surface area (Å²) >= 11 is 0. The number of nitrogens with one attached hydrogen (secondary N) is 2.